The number of halogens is 1. The maximum atomic E-state index is 13.0. The second-order valence-corrected chi connectivity index (χ2v) is 8.95. The van der Waals surface area contributed by atoms with Crippen LogP contribution in [0.25, 0.3) is 11.3 Å². The number of carbonyl (C=O) groups excluding carboxylic acids is 1. The fraction of sp³-hybridized carbons (Fsp3) is 0.333. The van der Waals surface area contributed by atoms with E-state index in [4.69, 9.17) is 0 Å². The summed E-state index contributed by atoms with van der Waals surface area (Å²) >= 11 is 1.31. The molecule has 1 N–H and O–H groups in total. The van der Waals surface area contributed by atoms with Crippen molar-refractivity contribution in [1.29, 1.82) is 0 Å². The highest BCUT2D eigenvalue weighted by Crippen LogP contribution is 2.31. The molecule has 3 rings (SSSR count). The normalized spacial score (nSPS) is 19.7. The number of sulfone groups is 1. The Morgan fingerprint density at radius 3 is 2.65 bits per heavy atom. The van der Waals surface area contributed by atoms with Gasteiger partial charge in [0.05, 0.1) is 23.1 Å². The van der Waals surface area contributed by atoms with Crippen LogP contribution in [0.4, 0.5) is 9.52 Å². The summed E-state index contributed by atoms with van der Waals surface area (Å²) in [4.78, 5) is 17.4. The molecule has 2 aromatic rings. The van der Waals surface area contributed by atoms with Crippen LogP contribution in [-0.2, 0) is 14.6 Å². The second-order valence-electron chi connectivity index (χ2n) is 5.52. The molecule has 2 heterocycles. The molecule has 0 aliphatic carbocycles. The number of benzene rings is 1. The Morgan fingerprint density at radius 1 is 1.35 bits per heavy atom. The van der Waals surface area contributed by atoms with E-state index in [1.165, 1.54) is 23.5 Å². The minimum absolute atomic E-state index is 0.0583. The van der Waals surface area contributed by atoms with Crippen molar-refractivity contribution in [2.45, 2.75) is 13.3 Å². The fourth-order valence-electron chi connectivity index (χ4n) is 2.53. The van der Waals surface area contributed by atoms with E-state index < -0.39 is 15.8 Å². The molecule has 1 aromatic carbocycles. The van der Waals surface area contributed by atoms with Crippen LogP contribution in [0.2, 0.25) is 0 Å². The van der Waals surface area contributed by atoms with Gasteiger partial charge < -0.3 is 5.32 Å². The molecule has 8 heteroatoms. The van der Waals surface area contributed by atoms with Crippen LogP contribution in [-0.4, -0.2) is 30.8 Å². The summed E-state index contributed by atoms with van der Waals surface area (Å²) in [7, 11) is -3.10. The Hall–Kier alpha value is -1.80. The predicted molar refractivity (Wildman–Crippen MR) is 87.6 cm³/mol. The number of carbonyl (C=O) groups is 1. The zero-order valence-corrected chi connectivity index (χ0v) is 14.0. The summed E-state index contributed by atoms with van der Waals surface area (Å²) in [6.45, 7) is 1.87. The number of rotatable bonds is 3. The fourth-order valence-corrected chi connectivity index (χ4v) is 5.11. The molecule has 1 aliphatic heterocycles. The smallest absolute Gasteiger partial charge is 0.230 e. The standard InChI is InChI=1S/C15H15FN2O3S2/c1-9-13(10-2-4-12(16)5-3-10)17-15(22-9)18-14(19)11-6-7-23(20,21)8-11/h2-5,11H,6-8H2,1H3,(H,17,18,19). The third-order valence-corrected chi connectivity index (χ3v) is 6.40. The molecule has 1 fully saturated rings. The molecule has 1 atom stereocenters. The lowest BCUT2D eigenvalue weighted by molar-refractivity contribution is -0.119. The lowest BCUT2D eigenvalue weighted by Crippen LogP contribution is -2.23. The SMILES string of the molecule is Cc1sc(NC(=O)C2CCS(=O)(=O)C2)nc1-c1ccc(F)cc1. The van der Waals surface area contributed by atoms with E-state index >= 15 is 0 Å². The first-order valence-electron chi connectivity index (χ1n) is 7.09. The van der Waals surface area contributed by atoms with E-state index in [2.05, 4.69) is 10.3 Å². The minimum Gasteiger partial charge on any atom is -0.302 e. The Bertz CT molecular complexity index is 844. The highest BCUT2D eigenvalue weighted by atomic mass is 32.2. The van der Waals surface area contributed by atoms with Gasteiger partial charge in [0.2, 0.25) is 5.91 Å². The highest BCUT2D eigenvalue weighted by Gasteiger charge is 2.33. The Balaban J connectivity index is 1.76. The molecule has 0 spiro atoms. The minimum atomic E-state index is -3.10. The van der Waals surface area contributed by atoms with Crippen molar-refractivity contribution in [3.05, 3.63) is 35.0 Å². The van der Waals surface area contributed by atoms with E-state index in [1.807, 2.05) is 6.92 Å². The zero-order valence-electron chi connectivity index (χ0n) is 12.4. The first kappa shape index (κ1) is 16.1. The number of thiazole rings is 1. The molecule has 23 heavy (non-hydrogen) atoms. The molecule has 0 bridgehead atoms. The Kier molecular flexibility index (Phi) is 4.20. The van der Waals surface area contributed by atoms with Gasteiger partial charge >= 0.3 is 0 Å². The average molecular weight is 354 g/mol. The van der Waals surface area contributed by atoms with E-state index in [1.54, 1.807) is 12.1 Å². The summed E-state index contributed by atoms with van der Waals surface area (Å²) in [5, 5.41) is 3.12. The van der Waals surface area contributed by atoms with Crippen molar-refractivity contribution >= 4 is 32.2 Å². The molecule has 1 aromatic heterocycles. The molecule has 0 saturated carbocycles. The van der Waals surface area contributed by atoms with Gasteiger partial charge in [-0.25, -0.2) is 17.8 Å². The highest BCUT2D eigenvalue weighted by molar-refractivity contribution is 7.91. The summed E-state index contributed by atoms with van der Waals surface area (Å²) < 4.78 is 35.9. The van der Waals surface area contributed by atoms with Crippen LogP contribution in [0.15, 0.2) is 24.3 Å². The Labute approximate surface area is 137 Å². The average Bonchev–Trinajstić information content (AvgIpc) is 3.02. The van der Waals surface area contributed by atoms with Gasteiger partial charge in [0.1, 0.15) is 5.82 Å². The van der Waals surface area contributed by atoms with Gasteiger partial charge in [0.25, 0.3) is 0 Å². The zero-order chi connectivity index (χ0) is 16.6. The van der Waals surface area contributed by atoms with Gasteiger partial charge in [0, 0.05) is 10.4 Å². The molecule has 1 amide bonds. The summed E-state index contributed by atoms with van der Waals surface area (Å²) in [6.07, 6.45) is 0.351. The van der Waals surface area contributed by atoms with Crippen LogP contribution in [0.5, 0.6) is 0 Å². The molecule has 1 unspecified atom stereocenters. The van der Waals surface area contributed by atoms with Crippen LogP contribution < -0.4 is 5.32 Å². The van der Waals surface area contributed by atoms with Crippen molar-refractivity contribution in [2.24, 2.45) is 5.92 Å². The molecule has 122 valence electrons. The van der Waals surface area contributed by atoms with Crippen molar-refractivity contribution in [1.82, 2.24) is 4.98 Å². The monoisotopic (exact) mass is 354 g/mol. The molecular weight excluding hydrogens is 339 g/mol. The number of nitrogens with zero attached hydrogens (tertiary/aromatic N) is 1. The third-order valence-electron chi connectivity index (χ3n) is 3.75. The largest absolute Gasteiger partial charge is 0.302 e. The lowest BCUT2D eigenvalue weighted by Gasteiger charge is -2.06. The number of aryl methyl sites for hydroxylation is 1. The lowest BCUT2D eigenvalue weighted by atomic mass is 10.1. The topological polar surface area (TPSA) is 76.1 Å². The van der Waals surface area contributed by atoms with E-state index in [-0.39, 0.29) is 23.2 Å². The van der Waals surface area contributed by atoms with E-state index in [0.29, 0.717) is 17.2 Å². The first-order chi connectivity index (χ1) is 10.8. The third kappa shape index (κ3) is 3.59. The van der Waals surface area contributed by atoms with Gasteiger partial charge in [-0.2, -0.15) is 0 Å². The number of aromatic nitrogens is 1. The van der Waals surface area contributed by atoms with Gasteiger partial charge in [-0.3, -0.25) is 4.79 Å². The van der Waals surface area contributed by atoms with Crippen LogP contribution in [0.1, 0.15) is 11.3 Å². The van der Waals surface area contributed by atoms with Gasteiger partial charge in [-0.05, 0) is 37.6 Å². The summed E-state index contributed by atoms with van der Waals surface area (Å²) in [6, 6.07) is 5.98. The predicted octanol–water partition coefficient (Wildman–Crippen LogP) is 2.63. The maximum Gasteiger partial charge on any atom is 0.230 e. The first-order valence-corrected chi connectivity index (χ1v) is 9.72. The molecule has 5 nitrogen and oxygen atoms in total. The summed E-state index contributed by atoms with van der Waals surface area (Å²) in [5.74, 6) is -1.20. The van der Waals surface area contributed by atoms with Crippen LogP contribution >= 0.6 is 11.3 Å². The van der Waals surface area contributed by atoms with Crippen molar-refractivity contribution in [2.75, 3.05) is 16.8 Å². The number of amides is 1. The van der Waals surface area contributed by atoms with E-state index in [0.717, 1.165) is 10.4 Å². The van der Waals surface area contributed by atoms with Crippen molar-refractivity contribution in [3.63, 3.8) is 0 Å². The maximum absolute atomic E-state index is 13.0. The molecule has 1 aliphatic rings. The molecular formula is C15H15FN2O3S2. The van der Waals surface area contributed by atoms with Crippen molar-refractivity contribution < 1.29 is 17.6 Å². The quantitative estimate of drug-likeness (QED) is 0.919. The number of hydrogen-bond donors (Lipinski definition) is 1. The van der Waals surface area contributed by atoms with Crippen molar-refractivity contribution in [3.8, 4) is 11.3 Å². The van der Waals surface area contributed by atoms with E-state index in [9.17, 15) is 17.6 Å². The van der Waals surface area contributed by atoms with Crippen LogP contribution in [0.3, 0.4) is 0 Å². The summed E-state index contributed by atoms with van der Waals surface area (Å²) in [5.41, 5.74) is 1.45. The molecule has 1 saturated heterocycles. The number of nitrogens with one attached hydrogen (secondary N) is 1. The Morgan fingerprint density at radius 2 is 2.04 bits per heavy atom. The van der Waals surface area contributed by atoms with Gasteiger partial charge in [0.15, 0.2) is 15.0 Å². The van der Waals surface area contributed by atoms with Crippen LogP contribution in [0, 0.1) is 18.7 Å². The number of anilines is 1. The number of hydrogen-bond acceptors (Lipinski definition) is 5. The second kappa shape index (κ2) is 6.01. The van der Waals surface area contributed by atoms with Gasteiger partial charge in [-0.1, -0.05) is 0 Å². The van der Waals surface area contributed by atoms with Gasteiger partial charge in [-0.15, -0.1) is 11.3 Å². The molecule has 0 radical (unpaired) electrons.